The van der Waals surface area contributed by atoms with E-state index in [9.17, 15) is 14.0 Å². The van der Waals surface area contributed by atoms with E-state index in [0.717, 1.165) is 59.1 Å². The van der Waals surface area contributed by atoms with Crippen LogP contribution in [0.4, 0.5) is 4.39 Å². The van der Waals surface area contributed by atoms with Crippen LogP contribution in [0.3, 0.4) is 0 Å². The first-order valence-electron chi connectivity index (χ1n) is 19.2. The predicted molar refractivity (Wildman–Crippen MR) is 211 cm³/mol. The van der Waals surface area contributed by atoms with E-state index in [2.05, 4.69) is 38.5 Å². The van der Waals surface area contributed by atoms with E-state index in [1.54, 1.807) is 63.1 Å². The van der Waals surface area contributed by atoms with Gasteiger partial charge in [0.2, 0.25) is 0 Å². The van der Waals surface area contributed by atoms with Crippen LogP contribution in [0, 0.1) is 19.7 Å². The summed E-state index contributed by atoms with van der Waals surface area (Å²) in [5.41, 5.74) is 7.10. The van der Waals surface area contributed by atoms with Crippen LogP contribution < -0.4 is 5.69 Å². The van der Waals surface area contributed by atoms with Crippen molar-refractivity contribution in [3.05, 3.63) is 135 Å². The fourth-order valence-corrected chi connectivity index (χ4v) is 8.58. The van der Waals surface area contributed by atoms with Crippen molar-refractivity contribution in [2.45, 2.75) is 52.1 Å². The molecule has 10 rings (SSSR count). The zero-order chi connectivity index (χ0) is 38.9. The van der Waals surface area contributed by atoms with Gasteiger partial charge in [-0.15, -0.1) is 0 Å². The molecule has 5 aromatic heterocycles. The molecule has 57 heavy (non-hydrogen) atoms. The number of fused-ring (bicyclic) bond motifs is 3. The molecule has 0 unspecified atom stereocenters. The Labute approximate surface area is 325 Å². The van der Waals surface area contributed by atoms with E-state index in [-0.39, 0.29) is 24.0 Å². The first kappa shape index (κ1) is 34.8. The number of halogens is 1. The molecule has 2 aliphatic rings. The fraction of sp³-hybridized carbons (Fsp3) is 0.286. The van der Waals surface area contributed by atoms with Crippen molar-refractivity contribution in [2.75, 3.05) is 19.8 Å². The standard InChI is InChI=1S/C42H40FN11O3/c1-25-16-32(17-26(2)39(25)43)54-40(52-13-12-51(42(52)56)31-5-7-35-30(19-31)21-46-49(35)3)33-22-50(11-8-34(33)48-54)41(55)37-20-29-18-28(27-9-14-57-15-10-27)4-6-36(29)53(37)23-38-44-24-45-47-38/h4-7,12-13,16-21,24,27H,8-11,14-15,22-23H2,1-3H3,(H,44,45,47). The van der Waals surface area contributed by atoms with E-state index >= 15 is 0 Å². The average Bonchev–Trinajstić information content (AvgIpc) is 4.08. The van der Waals surface area contributed by atoms with Crippen molar-refractivity contribution in [3.63, 3.8) is 0 Å². The molecule has 8 aromatic rings. The number of hydrogen-bond donors (Lipinski definition) is 1. The summed E-state index contributed by atoms with van der Waals surface area (Å²) < 4.78 is 29.2. The Morgan fingerprint density at radius 1 is 0.947 bits per heavy atom. The molecule has 1 saturated heterocycles. The number of benzene rings is 3. The number of hydrogen-bond acceptors (Lipinski definition) is 7. The van der Waals surface area contributed by atoms with Crippen molar-refractivity contribution in [1.29, 1.82) is 0 Å². The third-order valence-corrected chi connectivity index (χ3v) is 11.6. The molecule has 0 atom stereocenters. The van der Waals surface area contributed by atoms with E-state index in [4.69, 9.17) is 9.84 Å². The topological polar surface area (TPSA) is 139 Å². The second-order valence-corrected chi connectivity index (χ2v) is 15.1. The smallest absolute Gasteiger partial charge is 0.338 e. The Hall–Kier alpha value is -6.61. The summed E-state index contributed by atoms with van der Waals surface area (Å²) in [5, 5.41) is 18.3. The van der Waals surface area contributed by atoms with Gasteiger partial charge in [-0.25, -0.2) is 18.9 Å². The van der Waals surface area contributed by atoms with Gasteiger partial charge in [0.05, 0.1) is 41.9 Å². The number of H-pyrrole nitrogens is 1. The summed E-state index contributed by atoms with van der Waals surface area (Å²) in [5.74, 6) is 1.11. The Morgan fingerprint density at radius 2 is 1.74 bits per heavy atom. The average molecular weight is 766 g/mol. The molecule has 2 aliphatic heterocycles. The Morgan fingerprint density at radius 3 is 2.53 bits per heavy atom. The number of nitrogens with zero attached hydrogens (tertiary/aromatic N) is 10. The number of carbonyl (C=O) groups is 1. The Kier molecular flexibility index (Phi) is 8.28. The van der Waals surface area contributed by atoms with Gasteiger partial charge in [0.15, 0.2) is 0 Å². The van der Waals surface area contributed by atoms with Crippen LogP contribution in [0.15, 0.2) is 84.3 Å². The number of amides is 1. The third kappa shape index (κ3) is 5.88. The fourth-order valence-electron chi connectivity index (χ4n) is 8.58. The molecule has 0 radical (unpaired) electrons. The van der Waals surface area contributed by atoms with Gasteiger partial charge in [-0.2, -0.15) is 15.3 Å². The van der Waals surface area contributed by atoms with Crippen LogP contribution in [0.5, 0.6) is 0 Å². The Balaban J connectivity index is 1.07. The molecular formula is C42H40FN11O3. The van der Waals surface area contributed by atoms with Gasteiger partial charge >= 0.3 is 5.69 Å². The minimum atomic E-state index is -0.311. The number of aromatic amines is 1. The number of imidazole rings is 1. The SMILES string of the molecule is Cc1cc(-n2nc3c(c2-n2ccn(-c4ccc5c(cnn5C)c4)c2=O)CN(C(=O)c2cc4cc(C5CCOCC5)ccc4n2Cc2ncn[nH]2)CC3)cc(C)c1F. The molecule has 1 fully saturated rings. The highest BCUT2D eigenvalue weighted by Gasteiger charge is 2.32. The lowest BCUT2D eigenvalue weighted by Crippen LogP contribution is -2.37. The van der Waals surface area contributed by atoms with E-state index in [0.29, 0.717) is 65.3 Å². The van der Waals surface area contributed by atoms with Crippen LogP contribution >= 0.6 is 0 Å². The zero-order valence-corrected chi connectivity index (χ0v) is 31.8. The third-order valence-electron chi connectivity index (χ3n) is 11.6. The van der Waals surface area contributed by atoms with Crippen LogP contribution in [0.25, 0.3) is 39.0 Å². The highest BCUT2D eigenvalue weighted by Crippen LogP contribution is 2.33. The van der Waals surface area contributed by atoms with Gasteiger partial charge in [-0.3, -0.25) is 23.7 Å². The molecule has 14 nitrogen and oxygen atoms in total. The van der Waals surface area contributed by atoms with Gasteiger partial charge in [0, 0.05) is 67.5 Å². The number of rotatable bonds is 7. The normalized spacial score (nSPS) is 14.9. The molecule has 288 valence electrons. The van der Waals surface area contributed by atoms with Crippen LogP contribution in [-0.2, 0) is 31.3 Å². The number of aromatic nitrogens is 10. The summed E-state index contributed by atoms with van der Waals surface area (Å²) >= 11 is 0. The quantitative estimate of drug-likeness (QED) is 0.221. The lowest BCUT2D eigenvalue weighted by Gasteiger charge is -2.27. The highest BCUT2D eigenvalue weighted by molar-refractivity contribution is 5.99. The largest absolute Gasteiger partial charge is 0.381 e. The van der Waals surface area contributed by atoms with Gasteiger partial charge in [-0.05, 0) is 97.8 Å². The predicted octanol–water partition coefficient (Wildman–Crippen LogP) is 5.67. The molecule has 3 aromatic carbocycles. The van der Waals surface area contributed by atoms with E-state index in [1.807, 2.05) is 40.8 Å². The van der Waals surface area contributed by atoms with E-state index < -0.39 is 0 Å². The molecule has 1 N–H and O–H groups in total. The lowest BCUT2D eigenvalue weighted by atomic mass is 9.91. The summed E-state index contributed by atoms with van der Waals surface area (Å²) in [7, 11) is 1.88. The van der Waals surface area contributed by atoms with Crippen molar-refractivity contribution in [3.8, 4) is 17.2 Å². The summed E-state index contributed by atoms with van der Waals surface area (Å²) in [6.07, 6.45) is 9.08. The molecule has 0 saturated carbocycles. The van der Waals surface area contributed by atoms with Gasteiger partial charge in [0.25, 0.3) is 5.91 Å². The molecule has 15 heteroatoms. The maximum Gasteiger partial charge on any atom is 0.338 e. The van der Waals surface area contributed by atoms with E-state index in [1.165, 1.54) is 11.9 Å². The maximum atomic E-state index is 14.9. The van der Waals surface area contributed by atoms with Crippen molar-refractivity contribution in [1.82, 2.24) is 53.3 Å². The first-order valence-corrected chi connectivity index (χ1v) is 19.2. The maximum absolute atomic E-state index is 14.9. The van der Waals surface area contributed by atoms with Gasteiger partial charge in [-0.1, -0.05) is 6.07 Å². The number of carbonyl (C=O) groups excluding carboxylic acids is 1. The summed E-state index contributed by atoms with van der Waals surface area (Å²) in [6.45, 7) is 5.88. The summed E-state index contributed by atoms with van der Waals surface area (Å²) in [4.78, 5) is 35.5. The molecule has 0 bridgehead atoms. The van der Waals surface area contributed by atoms with Crippen LogP contribution in [0.1, 0.15) is 63.0 Å². The van der Waals surface area contributed by atoms with Crippen LogP contribution in [-0.4, -0.2) is 79.0 Å². The lowest BCUT2D eigenvalue weighted by molar-refractivity contribution is 0.0724. The monoisotopic (exact) mass is 765 g/mol. The van der Waals surface area contributed by atoms with Crippen molar-refractivity contribution >= 4 is 27.7 Å². The number of aryl methyl sites for hydroxylation is 3. The second kappa shape index (κ2) is 13.5. The molecule has 0 spiro atoms. The Bertz CT molecular complexity index is 2880. The van der Waals surface area contributed by atoms with Crippen molar-refractivity contribution < 1.29 is 13.9 Å². The molecule has 1 amide bonds. The highest BCUT2D eigenvalue weighted by atomic mass is 19.1. The summed E-state index contributed by atoms with van der Waals surface area (Å²) in [6, 6.07) is 17.7. The zero-order valence-electron chi connectivity index (χ0n) is 31.8. The van der Waals surface area contributed by atoms with Gasteiger partial charge in [0.1, 0.15) is 29.5 Å². The first-order chi connectivity index (χ1) is 27.7. The van der Waals surface area contributed by atoms with Gasteiger partial charge < -0.3 is 14.2 Å². The second-order valence-electron chi connectivity index (χ2n) is 15.1. The van der Waals surface area contributed by atoms with Crippen molar-refractivity contribution in [2.24, 2.45) is 7.05 Å². The number of ether oxygens (including phenoxy) is 1. The molecule has 0 aliphatic carbocycles. The minimum Gasteiger partial charge on any atom is -0.381 e. The van der Waals surface area contributed by atoms with Crippen LogP contribution in [0.2, 0.25) is 0 Å². The molecule has 7 heterocycles. The minimum absolute atomic E-state index is 0.147. The molecular weight excluding hydrogens is 726 g/mol. The number of nitrogens with one attached hydrogen (secondary N) is 1.